The van der Waals surface area contributed by atoms with E-state index in [1.807, 2.05) is 24.1 Å². The van der Waals surface area contributed by atoms with Gasteiger partial charge in [-0.25, -0.2) is 0 Å². The summed E-state index contributed by atoms with van der Waals surface area (Å²) in [6, 6.07) is 6.46. The van der Waals surface area contributed by atoms with Crippen LogP contribution in [0.1, 0.15) is 46.0 Å². The van der Waals surface area contributed by atoms with Crippen LogP contribution in [0.25, 0.3) is 11.1 Å². The molecular weight excluding hydrogens is 388 g/mol. The van der Waals surface area contributed by atoms with Crippen molar-refractivity contribution in [2.24, 2.45) is 13.0 Å². The fourth-order valence-corrected chi connectivity index (χ4v) is 4.47. The lowest BCUT2D eigenvalue weighted by atomic mass is 10.0. The van der Waals surface area contributed by atoms with Gasteiger partial charge in [0.05, 0.1) is 19.2 Å². The molecule has 0 saturated heterocycles. The Kier molecular flexibility index (Phi) is 9.99. The molecule has 0 aliphatic carbocycles. The number of aryl methyl sites for hydroxylation is 1. The highest BCUT2D eigenvalue weighted by molar-refractivity contribution is 7.99. The summed E-state index contributed by atoms with van der Waals surface area (Å²) in [4.78, 5) is 14.5. The maximum Gasteiger partial charge on any atom is 0.306 e. The Balaban J connectivity index is 1.85. The molecule has 6 heteroatoms. The Bertz CT molecular complexity index is 746. The van der Waals surface area contributed by atoms with Crippen LogP contribution in [0.2, 0.25) is 0 Å². The Labute approximate surface area is 177 Å². The van der Waals surface area contributed by atoms with Gasteiger partial charge in [0.2, 0.25) is 0 Å². The van der Waals surface area contributed by atoms with Crippen molar-refractivity contribution in [1.82, 2.24) is 9.78 Å². The van der Waals surface area contributed by atoms with Gasteiger partial charge in [0.25, 0.3) is 0 Å². The molecule has 0 fully saturated rings. The van der Waals surface area contributed by atoms with E-state index in [1.54, 1.807) is 23.5 Å². The third kappa shape index (κ3) is 7.21. The highest BCUT2D eigenvalue weighted by Gasteiger charge is 2.11. The second-order valence-electron chi connectivity index (χ2n) is 6.96. The Hall–Kier alpha value is -1.40. The van der Waals surface area contributed by atoms with Gasteiger partial charge < -0.3 is 4.74 Å². The maximum atomic E-state index is 12.1. The van der Waals surface area contributed by atoms with Crippen LogP contribution in [0.4, 0.5) is 0 Å². The van der Waals surface area contributed by atoms with Crippen molar-refractivity contribution < 1.29 is 9.53 Å². The zero-order valence-corrected chi connectivity index (χ0v) is 19.1. The summed E-state index contributed by atoms with van der Waals surface area (Å²) in [5.74, 6) is 1.14. The van der Waals surface area contributed by atoms with E-state index in [2.05, 4.69) is 43.4 Å². The molecule has 2 rings (SSSR count). The first kappa shape index (κ1) is 22.9. The molecule has 154 valence electrons. The van der Waals surface area contributed by atoms with Crippen LogP contribution >= 0.6 is 23.5 Å². The average molecular weight is 421 g/mol. The third-order valence-electron chi connectivity index (χ3n) is 4.79. The normalized spacial score (nSPS) is 12.1. The van der Waals surface area contributed by atoms with E-state index in [9.17, 15) is 4.79 Å². The van der Waals surface area contributed by atoms with Crippen molar-refractivity contribution in [1.29, 1.82) is 0 Å². The first-order valence-electron chi connectivity index (χ1n) is 10.0. The minimum atomic E-state index is -0.0873. The molecule has 1 heterocycles. The molecule has 4 nitrogen and oxygen atoms in total. The molecule has 0 N–H and O–H groups in total. The first-order valence-corrected chi connectivity index (χ1v) is 12.2. The monoisotopic (exact) mass is 420 g/mol. The largest absolute Gasteiger partial charge is 0.465 e. The van der Waals surface area contributed by atoms with E-state index in [-0.39, 0.29) is 5.97 Å². The molecule has 0 aliphatic heterocycles. The number of carbonyl (C=O) groups excluding carboxylic acids is 1. The van der Waals surface area contributed by atoms with Crippen LogP contribution in [0.3, 0.4) is 0 Å². The fraction of sp³-hybridized carbons (Fsp3) is 0.545. The number of aromatic nitrogens is 2. The number of benzene rings is 1. The van der Waals surface area contributed by atoms with E-state index in [4.69, 9.17) is 4.74 Å². The van der Waals surface area contributed by atoms with E-state index >= 15 is 0 Å². The predicted octanol–water partition coefficient (Wildman–Crippen LogP) is 6.05. The van der Waals surface area contributed by atoms with Gasteiger partial charge in [-0.05, 0) is 42.4 Å². The zero-order valence-electron chi connectivity index (χ0n) is 17.4. The highest BCUT2D eigenvalue weighted by Crippen LogP contribution is 2.34. The quantitative estimate of drug-likeness (QED) is 0.309. The van der Waals surface area contributed by atoms with Crippen LogP contribution in [0, 0.1) is 5.92 Å². The van der Waals surface area contributed by atoms with Gasteiger partial charge in [-0.2, -0.15) is 5.10 Å². The molecule has 0 bridgehead atoms. The smallest absolute Gasteiger partial charge is 0.306 e. The molecule has 1 unspecified atom stereocenters. The van der Waals surface area contributed by atoms with Crippen LogP contribution in [-0.4, -0.2) is 34.4 Å². The molecule has 1 aromatic carbocycles. The number of carbonyl (C=O) groups is 1. The standard InChI is InChI=1S/C22H32N2O2S2/c1-5-7-8-17(6-2)16-26-22(25)11-12-28-19-9-10-21(27-4)20(13-19)18-14-23-24(3)15-18/h9-10,13-15,17H,5-8,11-12,16H2,1-4H3. The van der Waals surface area contributed by atoms with Gasteiger partial charge in [-0.3, -0.25) is 9.48 Å². The van der Waals surface area contributed by atoms with Crippen molar-refractivity contribution >= 4 is 29.5 Å². The number of hydrogen-bond donors (Lipinski definition) is 0. The molecule has 1 aromatic heterocycles. The molecule has 0 aliphatic rings. The summed E-state index contributed by atoms with van der Waals surface area (Å²) >= 11 is 3.43. The van der Waals surface area contributed by atoms with Crippen molar-refractivity contribution in [2.45, 2.75) is 55.7 Å². The van der Waals surface area contributed by atoms with Gasteiger partial charge in [0, 0.05) is 34.4 Å². The molecule has 0 spiro atoms. The SMILES string of the molecule is CCCCC(CC)COC(=O)CCSc1ccc(SC)c(-c2cnn(C)c2)c1. The van der Waals surface area contributed by atoms with Gasteiger partial charge >= 0.3 is 5.97 Å². The minimum absolute atomic E-state index is 0.0873. The minimum Gasteiger partial charge on any atom is -0.465 e. The lowest BCUT2D eigenvalue weighted by Gasteiger charge is -2.14. The van der Waals surface area contributed by atoms with E-state index < -0.39 is 0 Å². The number of rotatable bonds is 12. The van der Waals surface area contributed by atoms with Gasteiger partial charge in [-0.1, -0.05) is 33.1 Å². The fourth-order valence-electron chi connectivity index (χ4n) is 3.00. The second kappa shape index (κ2) is 12.2. The van der Waals surface area contributed by atoms with Crippen LogP contribution in [0.5, 0.6) is 0 Å². The molecule has 0 radical (unpaired) electrons. The highest BCUT2D eigenvalue weighted by atomic mass is 32.2. The predicted molar refractivity (Wildman–Crippen MR) is 120 cm³/mol. The summed E-state index contributed by atoms with van der Waals surface area (Å²) in [7, 11) is 1.93. The molecule has 1 atom stereocenters. The summed E-state index contributed by atoms with van der Waals surface area (Å²) in [6.07, 6.45) is 11.1. The first-order chi connectivity index (χ1) is 13.6. The summed E-state index contributed by atoms with van der Waals surface area (Å²) in [5, 5.41) is 4.28. The molecular formula is C22H32N2O2S2. The lowest BCUT2D eigenvalue weighted by molar-refractivity contribution is -0.144. The Morgan fingerprint density at radius 1 is 1.32 bits per heavy atom. The molecule has 0 saturated carbocycles. The lowest BCUT2D eigenvalue weighted by Crippen LogP contribution is -2.14. The van der Waals surface area contributed by atoms with Crippen molar-refractivity contribution in [3.8, 4) is 11.1 Å². The van der Waals surface area contributed by atoms with Gasteiger partial charge in [0.1, 0.15) is 0 Å². The number of thioether (sulfide) groups is 2. The summed E-state index contributed by atoms with van der Waals surface area (Å²) in [5.41, 5.74) is 2.31. The second-order valence-corrected chi connectivity index (χ2v) is 8.98. The molecule has 0 amide bonds. The van der Waals surface area contributed by atoms with Gasteiger partial charge in [-0.15, -0.1) is 23.5 Å². The van der Waals surface area contributed by atoms with Crippen LogP contribution in [-0.2, 0) is 16.6 Å². The summed E-state index contributed by atoms with van der Waals surface area (Å²) < 4.78 is 7.31. The topological polar surface area (TPSA) is 44.1 Å². The Morgan fingerprint density at radius 2 is 2.14 bits per heavy atom. The van der Waals surface area contributed by atoms with Crippen LogP contribution < -0.4 is 0 Å². The van der Waals surface area contributed by atoms with Crippen molar-refractivity contribution in [3.63, 3.8) is 0 Å². The number of unbranched alkanes of at least 4 members (excludes halogenated alkanes) is 1. The van der Waals surface area contributed by atoms with Gasteiger partial charge in [0.15, 0.2) is 0 Å². The number of nitrogens with zero attached hydrogens (tertiary/aromatic N) is 2. The zero-order chi connectivity index (χ0) is 20.4. The molecule has 28 heavy (non-hydrogen) atoms. The van der Waals surface area contributed by atoms with Crippen molar-refractivity contribution in [2.75, 3.05) is 18.6 Å². The van der Waals surface area contributed by atoms with Crippen molar-refractivity contribution in [3.05, 3.63) is 30.6 Å². The number of esters is 1. The maximum absolute atomic E-state index is 12.1. The van der Waals surface area contributed by atoms with E-state index in [1.165, 1.54) is 28.2 Å². The van der Waals surface area contributed by atoms with E-state index in [0.717, 1.165) is 24.2 Å². The van der Waals surface area contributed by atoms with Crippen LogP contribution in [0.15, 0.2) is 40.4 Å². The average Bonchev–Trinajstić information content (AvgIpc) is 3.14. The number of ether oxygens (including phenoxy) is 1. The van der Waals surface area contributed by atoms with E-state index in [0.29, 0.717) is 18.9 Å². The third-order valence-corrected chi connectivity index (χ3v) is 6.58. The Morgan fingerprint density at radius 3 is 2.79 bits per heavy atom. The number of hydrogen-bond acceptors (Lipinski definition) is 5. The summed E-state index contributed by atoms with van der Waals surface area (Å²) in [6.45, 7) is 4.93. The molecule has 2 aromatic rings.